The molecular formula is C34H48ClN5O6S. The number of nitrogens with one attached hydrogen (secondary N) is 4. The zero-order chi connectivity index (χ0) is 33.9. The van der Waals surface area contributed by atoms with Gasteiger partial charge < -0.3 is 20.9 Å². The zero-order valence-corrected chi connectivity index (χ0v) is 29.4. The summed E-state index contributed by atoms with van der Waals surface area (Å²) in [6, 6.07) is 0.683. The second kappa shape index (κ2) is 14.7. The van der Waals surface area contributed by atoms with E-state index in [0.29, 0.717) is 28.8 Å². The Labute approximate surface area is 285 Å². The zero-order valence-electron chi connectivity index (χ0n) is 27.8. The van der Waals surface area contributed by atoms with Crippen LogP contribution in [0.5, 0.6) is 0 Å². The maximum absolute atomic E-state index is 14.5. The summed E-state index contributed by atoms with van der Waals surface area (Å²) in [5.41, 5.74) is 1.92. The number of likely N-dealkylation sites (tertiary alicyclic amines) is 1. The van der Waals surface area contributed by atoms with Crippen molar-refractivity contribution in [1.29, 1.82) is 0 Å². The van der Waals surface area contributed by atoms with Crippen molar-refractivity contribution in [3.63, 3.8) is 0 Å². The largest absolute Gasteiger partial charge is 0.347 e. The van der Waals surface area contributed by atoms with E-state index < -0.39 is 52.6 Å². The number of hydroxylamine groups is 1. The van der Waals surface area contributed by atoms with Gasteiger partial charge in [-0.25, -0.2) is 0 Å². The van der Waals surface area contributed by atoms with E-state index in [0.717, 1.165) is 43.4 Å². The summed E-state index contributed by atoms with van der Waals surface area (Å²) < 4.78 is 0.610. The van der Waals surface area contributed by atoms with Crippen molar-refractivity contribution in [3.8, 4) is 0 Å². The smallest absolute Gasteiger partial charge is 0.289 e. The van der Waals surface area contributed by atoms with E-state index in [4.69, 9.17) is 16.4 Å². The Kier molecular flexibility index (Phi) is 11.0. The van der Waals surface area contributed by atoms with Crippen LogP contribution in [0.15, 0.2) is 18.2 Å². The number of amides is 4. The summed E-state index contributed by atoms with van der Waals surface area (Å²) in [5.74, 6) is -2.23. The van der Waals surface area contributed by atoms with Crippen LogP contribution in [0.2, 0.25) is 4.34 Å². The minimum Gasteiger partial charge on any atom is -0.347 e. The van der Waals surface area contributed by atoms with Crippen LogP contribution in [0.4, 0.5) is 0 Å². The maximum Gasteiger partial charge on any atom is 0.289 e. The first kappa shape index (κ1) is 35.3. The molecule has 4 N–H and O–H groups in total. The average molecular weight is 690 g/mol. The third-order valence-electron chi connectivity index (χ3n) is 9.51. The van der Waals surface area contributed by atoms with Gasteiger partial charge in [0.15, 0.2) is 0 Å². The molecule has 13 heteroatoms. The van der Waals surface area contributed by atoms with Crippen LogP contribution < -0.4 is 21.4 Å². The Hall–Kier alpha value is -2.96. The van der Waals surface area contributed by atoms with Gasteiger partial charge in [-0.15, -0.1) is 11.3 Å². The van der Waals surface area contributed by atoms with Gasteiger partial charge >= 0.3 is 0 Å². The van der Waals surface area contributed by atoms with Crippen LogP contribution >= 0.6 is 22.9 Å². The van der Waals surface area contributed by atoms with Gasteiger partial charge in [-0.2, -0.15) is 0 Å². The molecule has 0 bridgehead atoms. The van der Waals surface area contributed by atoms with Crippen LogP contribution in [-0.2, 0) is 28.8 Å². The quantitative estimate of drug-likeness (QED) is 0.240. The van der Waals surface area contributed by atoms with E-state index in [2.05, 4.69) is 21.4 Å². The van der Waals surface area contributed by atoms with Crippen molar-refractivity contribution >= 4 is 58.0 Å². The molecule has 1 aromatic heterocycles. The fourth-order valence-electron chi connectivity index (χ4n) is 6.76. The van der Waals surface area contributed by atoms with Crippen molar-refractivity contribution in [3.05, 3.63) is 27.4 Å². The fraction of sp³-hybridized carbons (Fsp3) is 0.676. The Balaban J connectivity index is 1.39. The monoisotopic (exact) mass is 689 g/mol. The van der Waals surface area contributed by atoms with E-state index in [1.54, 1.807) is 6.07 Å². The van der Waals surface area contributed by atoms with Crippen molar-refractivity contribution in [2.75, 3.05) is 6.54 Å². The van der Waals surface area contributed by atoms with Crippen LogP contribution in [0, 0.1) is 11.3 Å². The molecule has 258 valence electrons. The summed E-state index contributed by atoms with van der Waals surface area (Å²) in [5, 5.41) is 8.54. The van der Waals surface area contributed by atoms with E-state index >= 15 is 0 Å². The van der Waals surface area contributed by atoms with Gasteiger partial charge in [-0.05, 0) is 61.6 Å². The Morgan fingerprint density at radius 3 is 2.43 bits per heavy atom. The minimum absolute atomic E-state index is 0.00103. The first-order valence-corrected chi connectivity index (χ1v) is 18.2. The Morgan fingerprint density at radius 1 is 1.09 bits per heavy atom. The standard InChI is InChI=1S/C34H48ClN5O6S/c1-5-9-22(28(42)31(44)36-21-12-13-21)37-30(43)24-18-34(17-23(39-46-34)25-14-15-26(35)47-25)19-40(24)32(45)29(33(2,3)4)38-27(41)16-20-10-7-6-8-11-20/h14-15,17,20-22,24,29,39H,5-13,16,18-19H2,1-4H3,(H,36,44)(H,37,43)(H,38,41)/t22-,24-,29+,34+/m0/s1. The minimum atomic E-state index is -1.05. The lowest BCUT2D eigenvalue weighted by atomic mass is 9.84. The van der Waals surface area contributed by atoms with E-state index in [9.17, 15) is 24.0 Å². The molecule has 0 aromatic carbocycles. The van der Waals surface area contributed by atoms with Crippen molar-refractivity contribution in [1.82, 2.24) is 26.3 Å². The molecule has 1 aromatic rings. The predicted molar refractivity (Wildman–Crippen MR) is 180 cm³/mol. The topological polar surface area (TPSA) is 146 Å². The third-order valence-corrected chi connectivity index (χ3v) is 10.8. The lowest BCUT2D eigenvalue weighted by Gasteiger charge is -2.36. The molecule has 3 heterocycles. The normalized spacial score (nSPS) is 24.3. The molecule has 5 rings (SSSR count). The average Bonchev–Trinajstić information content (AvgIpc) is 3.40. The van der Waals surface area contributed by atoms with Gasteiger partial charge in [0.2, 0.25) is 23.5 Å². The molecule has 0 radical (unpaired) electrons. The van der Waals surface area contributed by atoms with Gasteiger partial charge in [0, 0.05) is 18.9 Å². The van der Waals surface area contributed by atoms with Crippen molar-refractivity contribution in [2.24, 2.45) is 11.3 Å². The van der Waals surface area contributed by atoms with Gasteiger partial charge in [-0.1, -0.05) is 65.0 Å². The molecule has 2 aliphatic heterocycles. The number of carbonyl (C=O) groups is 5. The van der Waals surface area contributed by atoms with E-state index in [1.807, 2.05) is 39.8 Å². The van der Waals surface area contributed by atoms with Crippen LogP contribution in [0.25, 0.3) is 5.70 Å². The fourth-order valence-corrected chi connectivity index (χ4v) is 7.76. The number of Topliss-reactive ketones (excluding diaryl/α,β-unsaturated/α-hetero) is 1. The van der Waals surface area contributed by atoms with Crippen molar-refractivity contribution in [2.45, 2.75) is 128 Å². The van der Waals surface area contributed by atoms with Gasteiger partial charge in [0.25, 0.3) is 5.91 Å². The molecule has 2 saturated carbocycles. The Bertz CT molecular complexity index is 1400. The number of halogens is 1. The number of thiophene rings is 1. The number of ketones is 1. The molecule has 0 unspecified atom stereocenters. The molecule has 3 fully saturated rings. The highest BCUT2D eigenvalue weighted by Gasteiger charge is 2.54. The Morgan fingerprint density at radius 2 is 1.81 bits per heavy atom. The number of rotatable bonds is 12. The number of nitrogens with zero attached hydrogens (tertiary/aromatic N) is 1. The SMILES string of the molecule is CCC[C@H](NC(=O)[C@@H]1C[C@]2(C=C(c3ccc(Cl)s3)NO2)CN1C(=O)[C@@H](NC(=O)CC1CCCCC1)C(C)(C)C)C(=O)C(=O)NC1CC1. The highest BCUT2D eigenvalue weighted by atomic mass is 35.5. The summed E-state index contributed by atoms with van der Waals surface area (Å²) in [7, 11) is 0. The summed E-state index contributed by atoms with van der Waals surface area (Å²) in [4.78, 5) is 76.1. The second-order valence-corrected chi connectivity index (χ2v) is 16.4. The molecule has 1 spiro atoms. The molecule has 2 aliphatic carbocycles. The third kappa shape index (κ3) is 8.75. The van der Waals surface area contributed by atoms with Crippen LogP contribution in [-0.4, -0.2) is 70.6 Å². The summed E-state index contributed by atoms with van der Waals surface area (Å²) in [6.07, 6.45) is 10.2. The van der Waals surface area contributed by atoms with Gasteiger partial charge in [0.05, 0.1) is 27.5 Å². The van der Waals surface area contributed by atoms with E-state index in [-0.39, 0.29) is 31.3 Å². The maximum atomic E-state index is 14.5. The second-order valence-electron chi connectivity index (χ2n) is 14.7. The van der Waals surface area contributed by atoms with Crippen LogP contribution in [0.1, 0.15) is 103 Å². The highest BCUT2D eigenvalue weighted by molar-refractivity contribution is 7.17. The number of hydrogen-bond acceptors (Lipinski definition) is 8. The number of hydrogen-bond donors (Lipinski definition) is 4. The first-order valence-electron chi connectivity index (χ1n) is 17.0. The van der Waals surface area contributed by atoms with Crippen LogP contribution in [0.3, 0.4) is 0 Å². The van der Waals surface area contributed by atoms with E-state index in [1.165, 1.54) is 22.7 Å². The number of carbonyl (C=O) groups excluding carboxylic acids is 5. The molecule has 47 heavy (non-hydrogen) atoms. The molecular weight excluding hydrogens is 642 g/mol. The lowest BCUT2D eigenvalue weighted by Crippen LogP contribution is -2.59. The first-order chi connectivity index (χ1) is 22.3. The summed E-state index contributed by atoms with van der Waals surface area (Å²) >= 11 is 7.55. The highest BCUT2D eigenvalue weighted by Crippen LogP contribution is 2.40. The lowest BCUT2D eigenvalue weighted by molar-refractivity contribution is -0.145. The van der Waals surface area contributed by atoms with Crippen molar-refractivity contribution < 1.29 is 28.8 Å². The summed E-state index contributed by atoms with van der Waals surface area (Å²) in [6.45, 7) is 7.57. The molecule has 1 saturated heterocycles. The predicted octanol–water partition coefficient (Wildman–Crippen LogP) is 4.25. The molecule has 4 amide bonds. The van der Waals surface area contributed by atoms with Gasteiger partial charge in [-0.3, -0.25) is 34.3 Å². The molecule has 4 aliphatic rings. The van der Waals surface area contributed by atoms with Gasteiger partial charge in [0.1, 0.15) is 17.7 Å². The molecule has 11 nitrogen and oxygen atoms in total. The molecule has 4 atom stereocenters.